The predicted octanol–water partition coefficient (Wildman–Crippen LogP) is -0.242. The average molecular weight is 116 g/mol. The Balaban J connectivity index is 3.52. The highest BCUT2D eigenvalue weighted by Crippen LogP contribution is 1.72. The zero-order chi connectivity index (χ0) is 6.41. The Labute approximate surface area is 45.3 Å². The molecule has 4 nitrogen and oxygen atoms in total. The van der Waals surface area contributed by atoms with E-state index in [4.69, 9.17) is 5.26 Å². The fraction of sp³-hybridized carbons (Fsp3) is 0. The molecule has 4 heteroatoms. The maximum absolute atomic E-state index is 9.85. The molecule has 0 heterocycles. The molecule has 0 aliphatic carbocycles. The number of hydrogen-bond acceptors (Lipinski definition) is 4. The van der Waals surface area contributed by atoms with Gasteiger partial charge < -0.3 is 0 Å². The molecule has 1 N–H and O–H groups in total. The normalized spacial score (nSPS) is 9.12. The van der Waals surface area contributed by atoms with E-state index in [-0.39, 0.29) is 0 Å². The van der Waals surface area contributed by atoms with E-state index < -0.39 is 5.97 Å². The summed E-state index contributed by atoms with van der Waals surface area (Å²) in [6.45, 7) is 0. The minimum Gasteiger partial charge on any atom is -0.299 e. The topological polar surface area (TPSA) is 63.6 Å². The smallest absolute Gasteiger partial charge is 0.299 e. The molecule has 0 bridgehead atoms. The third-order valence-corrected chi connectivity index (χ3v) is 0.401. The van der Waals surface area contributed by atoms with Crippen molar-refractivity contribution >= 4 is 12.3 Å². The lowest BCUT2D eigenvalue weighted by molar-refractivity contribution is -0.228. The quantitative estimate of drug-likeness (QED) is 0.234. The molecule has 0 aromatic rings. The van der Waals surface area contributed by atoms with Gasteiger partial charge in [-0.15, -0.1) is 0 Å². The lowest BCUT2D eigenvalue weighted by atomic mass is 10.5. The van der Waals surface area contributed by atoms with Gasteiger partial charge in [0.2, 0.25) is 0 Å². The molecule has 44 valence electrons. The summed E-state index contributed by atoms with van der Waals surface area (Å²) in [5, 5.41) is 7.54. The molecule has 0 radical (unpaired) electrons. The fourth-order valence-electron chi connectivity index (χ4n) is 0.148. The number of carbonyl (C=O) groups excluding carboxylic acids is 2. The van der Waals surface area contributed by atoms with E-state index in [1.54, 1.807) is 0 Å². The van der Waals surface area contributed by atoms with Gasteiger partial charge in [0, 0.05) is 6.08 Å². The lowest BCUT2D eigenvalue weighted by Gasteiger charge is -1.80. The number of carbonyl (C=O) groups is 2. The molecule has 0 aromatic carbocycles. The van der Waals surface area contributed by atoms with Crippen molar-refractivity contribution in [3.63, 3.8) is 0 Å². The van der Waals surface area contributed by atoms with E-state index in [0.29, 0.717) is 6.29 Å². The first-order valence-electron chi connectivity index (χ1n) is 1.78. The molecule has 0 aromatic heterocycles. The zero-order valence-corrected chi connectivity index (χ0v) is 3.90. The van der Waals surface area contributed by atoms with Crippen LogP contribution in [0.3, 0.4) is 0 Å². The van der Waals surface area contributed by atoms with E-state index in [0.717, 1.165) is 12.2 Å². The summed E-state index contributed by atoms with van der Waals surface area (Å²) in [4.78, 5) is 22.5. The van der Waals surface area contributed by atoms with Crippen molar-refractivity contribution in [2.75, 3.05) is 0 Å². The van der Waals surface area contributed by atoms with Gasteiger partial charge in [0.1, 0.15) is 6.29 Å². The van der Waals surface area contributed by atoms with Crippen LogP contribution < -0.4 is 0 Å². The molecule has 0 saturated heterocycles. The van der Waals surface area contributed by atoms with Crippen LogP contribution in [0.4, 0.5) is 0 Å². The highest BCUT2D eigenvalue weighted by atomic mass is 17.1. The van der Waals surface area contributed by atoms with Crippen LogP contribution in [-0.2, 0) is 14.5 Å². The Morgan fingerprint density at radius 1 is 1.62 bits per heavy atom. The second kappa shape index (κ2) is 4.01. The largest absolute Gasteiger partial charge is 0.365 e. The number of aldehydes is 1. The number of rotatable bonds is 2. The molecule has 0 aliphatic heterocycles. The average Bonchev–Trinajstić information content (AvgIpc) is 1.83. The highest BCUT2D eigenvalue weighted by Gasteiger charge is 1.88. The van der Waals surface area contributed by atoms with Gasteiger partial charge in [-0.05, 0) is 6.08 Å². The van der Waals surface area contributed by atoms with Gasteiger partial charge in [-0.2, -0.15) is 5.26 Å². The maximum atomic E-state index is 9.85. The summed E-state index contributed by atoms with van der Waals surface area (Å²) in [7, 11) is 0. The second-order valence-corrected chi connectivity index (χ2v) is 0.906. The summed E-state index contributed by atoms with van der Waals surface area (Å²) < 4.78 is 0. The van der Waals surface area contributed by atoms with E-state index in [9.17, 15) is 9.59 Å². The standard InChI is InChI=1S/C4H4O4/c5-3-1-2-4(6)8-7/h1-3,7H/b2-1-. The molecule has 0 amide bonds. The Hall–Kier alpha value is -1.16. The Kier molecular flexibility index (Phi) is 3.43. The minimum atomic E-state index is -0.961. The Morgan fingerprint density at radius 3 is 2.62 bits per heavy atom. The third kappa shape index (κ3) is 3.05. The first kappa shape index (κ1) is 6.84. The molecule has 0 aliphatic rings. The predicted molar refractivity (Wildman–Crippen MR) is 23.9 cm³/mol. The molecular weight excluding hydrogens is 112 g/mol. The molecular formula is C4H4O4. The monoisotopic (exact) mass is 116 g/mol. The van der Waals surface area contributed by atoms with Crippen molar-refractivity contribution in [1.82, 2.24) is 0 Å². The third-order valence-electron chi connectivity index (χ3n) is 0.401. The molecule has 0 rings (SSSR count). The van der Waals surface area contributed by atoms with Crippen LogP contribution in [0.15, 0.2) is 12.2 Å². The van der Waals surface area contributed by atoms with Crippen LogP contribution in [-0.4, -0.2) is 17.5 Å². The second-order valence-electron chi connectivity index (χ2n) is 0.906. The fourth-order valence-corrected chi connectivity index (χ4v) is 0.148. The van der Waals surface area contributed by atoms with E-state index in [1.165, 1.54) is 0 Å². The van der Waals surface area contributed by atoms with E-state index >= 15 is 0 Å². The summed E-state index contributed by atoms with van der Waals surface area (Å²) >= 11 is 0. The van der Waals surface area contributed by atoms with E-state index in [1.807, 2.05) is 0 Å². The molecule has 8 heavy (non-hydrogen) atoms. The van der Waals surface area contributed by atoms with Crippen molar-refractivity contribution in [2.24, 2.45) is 0 Å². The van der Waals surface area contributed by atoms with Crippen LogP contribution in [0, 0.1) is 0 Å². The van der Waals surface area contributed by atoms with Crippen molar-refractivity contribution in [2.45, 2.75) is 0 Å². The maximum Gasteiger partial charge on any atom is 0.365 e. The summed E-state index contributed by atoms with van der Waals surface area (Å²) in [6.07, 6.45) is 2.11. The summed E-state index contributed by atoms with van der Waals surface area (Å²) in [6, 6.07) is 0. The van der Waals surface area contributed by atoms with E-state index in [2.05, 4.69) is 4.89 Å². The molecule has 0 fully saturated rings. The molecule has 0 saturated carbocycles. The summed E-state index contributed by atoms with van der Waals surface area (Å²) in [5.74, 6) is -0.961. The first-order chi connectivity index (χ1) is 3.81. The molecule has 0 unspecified atom stereocenters. The van der Waals surface area contributed by atoms with Gasteiger partial charge >= 0.3 is 5.97 Å². The van der Waals surface area contributed by atoms with Gasteiger partial charge in [-0.25, -0.2) is 4.79 Å². The van der Waals surface area contributed by atoms with Crippen LogP contribution in [0.5, 0.6) is 0 Å². The minimum absolute atomic E-state index is 0.400. The van der Waals surface area contributed by atoms with Gasteiger partial charge in [-0.3, -0.25) is 9.68 Å². The van der Waals surface area contributed by atoms with Crippen molar-refractivity contribution in [3.8, 4) is 0 Å². The van der Waals surface area contributed by atoms with Crippen LogP contribution in [0.25, 0.3) is 0 Å². The van der Waals surface area contributed by atoms with Crippen LogP contribution in [0.1, 0.15) is 0 Å². The number of hydrogen-bond donors (Lipinski definition) is 1. The van der Waals surface area contributed by atoms with Crippen LogP contribution in [0.2, 0.25) is 0 Å². The van der Waals surface area contributed by atoms with Gasteiger partial charge in [0.15, 0.2) is 0 Å². The Morgan fingerprint density at radius 2 is 2.25 bits per heavy atom. The Bertz CT molecular complexity index is 115. The van der Waals surface area contributed by atoms with Gasteiger partial charge in [0.05, 0.1) is 0 Å². The van der Waals surface area contributed by atoms with Crippen molar-refractivity contribution in [3.05, 3.63) is 12.2 Å². The number of allylic oxidation sites excluding steroid dienone is 1. The van der Waals surface area contributed by atoms with Gasteiger partial charge in [-0.1, -0.05) is 0 Å². The van der Waals surface area contributed by atoms with Crippen molar-refractivity contribution in [1.29, 1.82) is 0 Å². The lowest BCUT2D eigenvalue weighted by Crippen LogP contribution is -1.93. The zero-order valence-electron chi connectivity index (χ0n) is 3.90. The van der Waals surface area contributed by atoms with Gasteiger partial charge in [0.25, 0.3) is 0 Å². The summed E-state index contributed by atoms with van der Waals surface area (Å²) in [5.41, 5.74) is 0. The van der Waals surface area contributed by atoms with Crippen molar-refractivity contribution < 1.29 is 19.7 Å². The first-order valence-corrected chi connectivity index (χ1v) is 1.78. The SMILES string of the molecule is O=C/C=C\C(=O)OO. The molecule has 0 atom stereocenters. The molecule has 0 spiro atoms. The van der Waals surface area contributed by atoms with Crippen LogP contribution >= 0.6 is 0 Å². The highest BCUT2D eigenvalue weighted by molar-refractivity contribution is 5.85.